The van der Waals surface area contributed by atoms with Gasteiger partial charge in [-0.05, 0) is 103 Å². The quantitative estimate of drug-likeness (QED) is 0.0320. The summed E-state index contributed by atoms with van der Waals surface area (Å²) in [5.41, 5.74) is 0. The topological polar surface area (TPSA) is 95.9 Å². The van der Waals surface area contributed by atoms with E-state index in [0.717, 1.165) is 89.9 Å². The maximum Gasteiger partial charge on any atom is 0.305 e. The van der Waals surface area contributed by atoms with Gasteiger partial charge in [-0.1, -0.05) is 274 Å². The molecule has 0 aliphatic carbocycles. The summed E-state index contributed by atoms with van der Waals surface area (Å²) < 4.78 is 5.47. The van der Waals surface area contributed by atoms with Crippen molar-refractivity contribution in [1.29, 1.82) is 0 Å². The van der Waals surface area contributed by atoms with Crippen LogP contribution in [0.1, 0.15) is 328 Å². The first kappa shape index (κ1) is 70.6. The van der Waals surface area contributed by atoms with Crippen LogP contribution in [0.3, 0.4) is 0 Å². The van der Waals surface area contributed by atoms with Crippen molar-refractivity contribution in [3.05, 3.63) is 60.8 Å². The molecule has 73 heavy (non-hydrogen) atoms. The maximum absolute atomic E-state index is 12.5. The predicted octanol–water partition coefficient (Wildman–Crippen LogP) is 20.3. The van der Waals surface area contributed by atoms with E-state index in [9.17, 15) is 19.8 Å². The number of nitrogens with one attached hydrogen (secondary N) is 1. The molecule has 0 rings (SSSR count). The van der Waals surface area contributed by atoms with E-state index in [2.05, 4.69) is 67.8 Å². The number of allylic oxidation sites excluding steroid dienone is 9. The highest BCUT2D eigenvalue weighted by Crippen LogP contribution is 2.17. The Morgan fingerprint density at radius 3 is 1.07 bits per heavy atom. The summed E-state index contributed by atoms with van der Waals surface area (Å²) in [5.74, 6) is -0.103. The summed E-state index contributed by atoms with van der Waals surface area (Å²) in [6.07, 6.45) is 81.2. The molecule has 0 saturated heterocycles. The minimum absolute atomic E-state index is 0.0204. The van der Waals surface area contributed by atoms with Crippen LogP contribution in [-0.4, -0.2) is 47.4 Å². The van der Waals surface area contributed by atoms with Crippen molar-refractivity contribution in [3.63, 3.8) is 0 Å². The third kappa shape index (κ3) is 58.7. The van der Waals surface area contributed by atoms with Crippen LogP contribution in [0.25, 0.3) is 0 Å². The molecule has 0 fully saturated rings. The van der Waals surface area contributed by atoms with Crippen molar-refractivity contribution in [1.82, 2.24) is 5.32 Å². The van der Waals surface area contributed by atoms with Crippen molar-refractivity contribution >= 4 is 11.9 Å². The zero-order valence-electron chi connectivity index (χ0n) is 48.6. The lowest BCUT2D eigenvalue weighted by Crippen LogP contribution is -2.45. The van der Waals surface area contributed by atoms with Crippen molar-refractivity contribution < 1.29 is 24.5 Å². The lowest BCUT2D eigenvalue weighted by atomic mass is 10.0. The van der Waals surface area contributed by atoms with E-state index in [1.807, 2.05) is 6.08 Å². The Labute approximate surface area is 454 Å². The SMILES string of the molecule is CCCCC/C=C\C/C=C\CCCCCCCCCCCC(=O)OCCCCC/C=C\C/C=C\CCCCCCCCCC(=O)NC(CO)C(O)/C=C/CCCCCCCCCCCCCCCCCCCC. The van der Waals surface area contributed by atoms with Crippen molar-refractivity contribution in [2.75, 3.05) is 13.2 Å². The number of hydrogen-bond donors (Lipinski definition) is 3. The molecule has 0 spiro atoms. The minimum atomic E-state index is -0.858. The Morgan fingerprint density at radius 1 is 0.384 bits per heavy atom. The van der Waals surface area contributed by atoms with Gasteiger partial charge >= 0.3 is 5.97 Å². The highest BCUT2D eigenvalue weighted by Gasteiger charge is 2.18. The molecule has 0 aliphatic rings. The summed E-state index contributed by atoms with van der Waals surface area (Å²) >= 11 is 0. The van der Waals surface area contributed by atoms with Crippen LogP contribution in [-0.2, 0) is 14.3 Å². The van der Waals surface area contributed by atoms with Gasteiger partial charge in [-0.3, -0.25) is 9.59 Å². The molecule has 2 unspecified atom stereocenters. The molecule has 0 bridgehead atoms. The number of rotatable bonds is 59. The van der Waals surface area contributed by atoms with Gasteiger partial charge in [0.25, 0.3) is 0 Å². The third-order valence-electron chi connectivity index (χ3n) is 14.5. The average Bonchev–Trinajstić information content (AvgIpc) is 3.39. The molecule has 6 heteroatoms. The second-order valence-corrected chi connectivity index (χ2v) is 21.7. The zero-order valence-corrected chi connectivity index (χ0v) is 48.6. The first-order valence-corrected chi connectivity index (χ1v) is 32.1. The van der Waals surface area contributed by atoms with Gasteiger partial charge < -0.3 is 20.3 Å². The number of carbonyl (C=O) groups is 2. The van der Waals surface area contributed by atoms with Crippen molar-refractivity contribution in [2.24, 2.45) is 0 Å². The molecule has 0 aromatic carbocycles. The smallest absolute Gasteiger partial charge is 0.305 e. The predicted molar refractivity (Wildman–Crippen MR) is 319 cm³/mol. The number of hydrogen-bond acceptors (Lipinski definition) is 5. The molecule has 0 saturated carbocycles. The van der Waals surface area contributed by atoms with Crippen molar-refractivity contribution in [3.8, 4) is 0 Å². The molecule has 0 aromatic heterocycles. The largest absolute Gasteiger partial charge is 0.466 e. The summed E-state index contributed by atoms with van der Waals surface area (Å²) in [7, 11) is 0. The van der Waals surface area contributed by atoms with E-state index < -0.39 is 12.1 Å². The third-order valence-corrected chi connectivity index (χ3v) is 14.5. The van der Waals surface area contributed by atoms with Crippen LogP contribution in [0.15, 0.2) is 60.8 Å². The fraction of sp³-hybridized carbons (Fsp3) is 0.821. The lowest BCUT2D eigenvalue weighted by Gasteiger charge is -2.20. The van der Waals surface area contributed by atoms with E-state index in [4.69, 9.17) is 4.74 Å². The molecule has 3 N–H and O–H groups in total. The Bertz CT molecular complexity index is 1270. The normalized spacial score (nSPS) is 13.0. The van der Waals surface area contributed by atoms with E-state index in [1.165, 1.54) is 212 Å². The van der Waals surface area contributed by atoms with E-state index >= 15 is 0 Å². The number of amides is 1. The number of unbranched alkanes of at least 4 members (excludes halogenated alkanes) is 40. The summed E-state index contributed by atoms with van der Waals surface area (Å²) in [5, 5.41) is 23.2. The van der Waals surface area contributed by atoms with E-state index in [1.54, 1.807) is 6.08 Å². The number of esters is 1. The first-order valence-electron chi connectivity index (χ1n) is 32.1. The fourth-order valence-corrected chi connectivity index (χ4v) is 9.58. The molecule has 2 atom stereocenters. The molecule has 0 heterocycles. The summed E-state index contributed by atoms with van der Waals surface area (Å²) in [6, 6.07) is -0.643. The number of ether oxygens (including phenoxy) is 1. The van der Waals surface area contributed by atoms with Gasteiger partial charge in [-0.25, -0.2) is 0 Å². The average molecular weight is 1020 g/mol. The maximum atomic E-state index is 12.5. The molecule has 1 amide bonds. The zero-order chi connectivity index (χ0) is 52.9. The van der Waals surface area contributed by atoms with Crippen LogP contribution < -0.4 is 5.32 Å². The van der Waals surface area contributed by atoms with Crippen LogP contribution in [0.5, 0.6) is 0 Å². The molecule has 0 aromatic rings. The molecule has 0 aliphatic heterocycles. The summed E-state index contributed by atoms with van der Waals surface area (Å²) in [6.45, 7) is 4.85. The fourth-order valence-electron chi connectivity index (χ4n) is 9.58. The van der Waals surface area contributed by atoms with E-state index in [0.29, 0.717) is 19.4 Å². The molecular formula is C67H123NO5. The standard InChI is InChI=1S/C67H123NO5/c1-3-5-7-9-11-13-15-17-19-21-23-25-27-31-35-39-43-47-51-55-59-65(70)64(63-69)68-66(71)60-56-52-48-44-40-36-32-28-26-30-34-38-42-46-50-54-58-62-73-67(72)61-57-53-49-45-41-37-33-29-24-22-20-18-16-14-12-10-8-6-4-2/h12,14,18,20,26,30,38,42,55,59,64-65,69-70H,3-11,13,15-17,19,21-25,27-29,31-37,39-41,43-54,56-58,60-63H2,1-2H3,(H,68,71)/b14-12-,20-18-,30-26-,42-38-,59-55+. The summed E-state index contributed by atoms with van der Waals surface area (Å²) in [4.78, 5) is 24.6. The van der Waals surface area contributed by atoms with E-state index in [-0.39, 0.29) is 18.5 Å². The molecular weight excluding hydrogens is 899 g/mol. The van der Waals surface area contributed by atoms with Gasteiger partial charge in [0.05, 0.1) is 25.4 Å². The van der Waals surface area contributed by atoms with Gasteiger partial charge in [0.2, 0.25) is 5.91 Å². The van der Waals surface area contributed by atoms with Gasteiger partial charge in [-0.15, -0.1) is 0 Å². The Morgan fingerprint density at radius 2 is 0.685 bits per heavy atom. The number of aliphatic hydroxyl groups excluding tert-OH is 2. The minimum Gasteiger partial charge on any atom is -0.466 e. The lowest BCUT2D eigenvalue weighted by molar-refractivity contribution is -0.143. The molecule has 426 valence electrons. The van der Waals surface area contributed by atoms with Crippen LogP contribution in [0.4, 0.5) is 0 Å². The first-order chi connectivity index (χ1) is 36.0. The molecule has 6 nitrogen and oxygen atoms in total. The van der Waals surface area contributed by atoms with Crippen LogP contribution in [0, 0.1) is 0 Å². The van der Waals surface area contributed by atoms with Gasteiger partial charge in [0, 0.05) is 12.8 Å². The molecule has 0 radical (unpaired) electrons. The second kappa shape index (κ2) is 62.1. The van der Waals surface area contributed by atoms with Crippen LogP contribution in [0.2, 0.25) is 0 Å². The highest BCUT2D eigenvalue weighted by atomic mass is 16.5. The van der Waals surface area contributed by atoms with Crippen molar-refractivity contribution in [2.45, 2.75) is 341 Å². The number of carbonyl (C=O) groups excluding carboxylic acids is 2. The van der Waals surface area contributed by atoms with Gasteiger partial charge in [0.1, 0.15) is 0 Å². The number of aliphatic hydroxyl groups is 2. The Kier molecular flexibility index (Phi) is 60.0. The Balaban J connectivity index is 3.52. The van der Waals surface area contributed by atoms with Gasteiger partial charge in [0.15, 0.2) is 0 Å². The van der Waals surface area contributed by atoms with Crippen LogP contribution >= 0.6 is 0 Å². The monoisotopic (exact) mass is 1020 g/mol. The van der Waals surface area contributed by atoms with Gasteiger partial charge in [-0.2, -0.15) is 0 Å². The highest BCUT2D eigenvalue weighted by molar-refractivity contribution is 5.76. The second-order valence-electron chi connectivity index (χ2n) is 21.7. The Hall–Kier alpha value is -2.44.